The molecular formula is C26H19IN2O4S. The Labute approximate surface area is 213 Å². The Bertz CT molecular complexity index is 1450. The van der Waals surface area contributed by atoms with E-state index in [2.05, 4.69) is 27.9 Å². The number of anilines is 1. The van der Waals surface area contributed by atoms with Crippen LogP contribution in [0.1, 0.15) is 38.4 Å². The van der Waals surface area contributed by atoms with Crippen LogP contribution in [0, 0.1) is 10.5 Å². The first kappa shape index (κ1) is 22.5. The number of nitrogens with zero attached hydrogens (tertiary/aromatic N) is 1. The number of carbonyl (C=O) groups excluding carboxylic acids is 2. The second-order valence-electron chi connectivity index (χ2n) is 8.03. The first-order valence-corrected chi connectivity index (χ1v) is 12.4. The van der Waals surface area contributed by atoms with E-state index in [-0.39, 0.29) is 5.56 Å². The zero-order chi connectivity index (χ0) is 24.0. The summed E-state index contributed by atoms with van der Waals surface area (Å²) in [6.07, 6.45) is 0. The number of thiophene rings is 1. The highest BCUT2D eigenvalue weighted by Gasteiger charge is 2.45. The average molecular weight is 582 g/mol. The number of halogens is 1. The number of aliphatic carboxylic acids is 1. The number of hydrogen-bond acceptors (Lipinski definition) is 4. The van der Waals surface area contributed by atoms with Crippen LogP contribution in [0.4, 0.5) is 5.69 Å². The summed E-state index contributed by atoms with van der Waals surface area (Å²) in [6, 6.07) is 19.0. The molecule has 34 heavy (non-hydrogen) atoms. The summed E-state index contributed by atoms with van der Waals surface area (Å²) in [4.78, 5) is 42.3. The molecule has 2 amide bonds. The number of rotatable bonds is 4. The molecule has 4 aromatic rings. The van der Waals surface area contributed by atoms with Crippen LogP contribution in [0.5, 0.6) is 0 Å². The molecule has 8 heteroatoms. The van der Waals surface area contributed by atoms with Crippen LogP contribution in [0.25, 0.3) is 10.1 Å². The summed E-state index contributed by atoms with van der Waals surface area (Å²) in [6.45, 7) is 1.91. The highest BCUT2D eigenvalue weighted by Crippen LogP contribution is 2.43. The van der Waals surface area contributed by atoms with Crippen molar-refractivity contribution in [3.63, 3.8) is 0 Å². The molecule has 0 aliphatic carbocycles. The van der Waals surface area contributed by atoms with E-state index in [0.717, 1.165) is 19.2 Å². The Morgan fingerprint density at radius 1 is 1.06 bits per heavy atom. The molecule has 0 saturated carbocycles. The standard InChI is InChI=1S/C26H19IN2O4S/c1-14-17-9-5-6-10-20(17)34-23(14)22-24(30)28-19-12-11-16(27)13-18(19)25(31)29(22)21(26(32)33)15-7-3-2-4-8-15/h2-13,21-22H,1H3,(H,28,30)(H,32,33). The first-order chi connectivity index (χ1) is 16.4. The van der Waals surface area contributed by atoms with E-state index < -0.39 is 29.9 Å². The van der Waals surface area contributed by atoms with E-state index in [1.165, 1.54) is 16.2 Å². The van der Waals surface area contributed by atoms with Gasteiger partial charge in [0.15, 0.2) is 6.04 Å². The summed E-state index contributed by atoms with van der Waals surface area (Å²) in [5, 5.41) is 14.2. The van der Waals surface area contributed by atoms with Gasteiger partial charge in [-0.3, -0.25) is 9.59 Å². The van der Waals surface area contributed by atoms with Gasteiger partial charge in [0.1, 0.15) is 6.04 Å². The first-order valence-electron chi connectivity index (χ1n) is 10.6. The van der Waals surface area contributed by atoms with Gasteiger partial charge in [-0.15, -0.1) is 11.3 Å². The van der Waals surface area contributed by atoms with E-state index in [9.17, 15) is 19.5 Å². The number of hydrogen-bond donors (Lipinski definition) is 2. The lowest BCUT2D eigenvalue weighted by Gasteiger charge is -2.34. The number of benzene rings is 3. The average Bonchev–Trinajstić information content (AvgIpc) is 3.11. The molecule has 0 bridgehead atoms. The molecule has 0 fully saturated rings. The predicted molar refractivity (Wildman–Crippen MR) is 140 cm³/mol. The summed E-state index contributed by atoms with van der Waals surface area (Å²) in [7, 11) is 0. The summed E-state index contributed by atoms with van der Waals surface area (Å²) >= 11 is 3.50. The smallest absolute Gasteiger partial charge is 0.331 e. The van der Waals surface area contributed by atoms with Crippen LogP contribution in [0.3, 0.4) is 0 Å². The quantitative estimate of drug-likeness (QED) is 0.299. The van der Waals surface area contributed by atoms with Gasteiger partial charge in [-0.25, -0.2) is 4.79 Å². The van der Waals surface area contributed by atoms with Gasteiger partial charge in [-0.05, 0) is 70.3 Å². The van der Waals surface area contributed by atoms with E-state index in [1.807, 2.05) is 31.2 Å². The molecule has 170 valence electrons. The molecule has 3 aromatic carbocycles. The topological polar surface area (TPSA) is 86.7 Å². The second-order valence-corrected chi connectivity index (χ2v) is 10.4. The van der Waals surface area contributed by atoms with Gasteiger partial charge in [0.2, 0.25) is 0 Å². The van der Waals surface area contributed by atoms with E-state index in [0.29, 0.717) is 16.1 Å². The van der Waals surface area contributed by atoms with Crippen molar-refractivity contribution in [2.24, 2.45) is 0 Å². The predicted octanol–water partition coefficient (Wildman–Crippen LogP) is 5.78. The molecule has 1 aliphatic rings. The van der Waals surface area contributed by atoms with Gasteiger partial charge in [0.25, 0.3) is 11.8 Å². The minimum Gasteiger partial charge on any atom is -0.479 e. The van der Waals surface area contributed by atoms with Crippen molar-refractivity contribution >= 4 is 67.5 Å². The van der Waals surface area contributed by atoms with Crippen LogP contribution in [-0.2, 0) is 9.59 Å². The third kappa shape index (κ3) is 3.76. The minimum atomic E-state index is -1.35. The van der Waals surface area contributed by atoms with Gasteiger partial charge in [-0.2, -0.15) is 0 Å². The van der Waals surface area contributed by atoms with Crippen molar-refractivity contribution in [2.75, 3.05) is 5.32 Å². The maximum absolute atomic E-state index is 14.0. The highest BCUT2D eigenvalue weighted by atomic mass is 127. The molecule has 2 heterocycles. The molecule has 2 unspecified atom stereocenters. The van der Waals surface area contributed by atoms with Crippen LogP contribution >= 0.6 is 33.9 Å². The fraction of sp³-hybridized carbons (Fsp3) is 0.115. The number of amides is 2. The molecule has 0 radical (unpaired) electrons. The lowest BCUT2D eigenvalue weighted by molar-refractivity contribution is -0.144. The van der Waals surface area contributed by atoms with Crippen molar-refractivity contribution in [1.29, 1.82) is 0 Å². The molecule has 0 spiro atoms. The van der Waals surface area contributed by atoms with Crippen LogP contribution in [-0.4, -0.2) is 27.8 Å². The largest absolute Gasteiger partial charge is 0.479 e. The third-order valence-corrected chi connectivity index (χ3v) is 7.98. The Balaban J connectivity index is 1.78. The maximum atomic E-state index is 14.0. The monoisotopic (exact) mass is 582 g/mol. The van der Waals surface area contributed by atoms with E-state index >= 15 is 0 Å². The SMILES string of the molecule is Cc1c(C2C(=O)Nc3ccc(I)cc3C(=O)N2C(C(=O)O)c2ccccc2)sc2ccccc12. The van der Waals surface area contributed by atoms with Crippen LogP contribution < -0.4 is 5.32 Å². The minimum absolute atomic E-state index is 0.267. The number of carboxylic acids is 1. The third-order valence-electron chi connectivity index (χ3n) is 5.99. The van der Waals surface area contributed by atoms with Gasteiger partial charge in [-0.1, -0.05) is 48.5 Å². The lowest BCUT2D eigenvalue weighted by atomic mass is 9.99. The van der Waals surface area contributed by atoms with Crippen molar-refractivity contribution in [2.45, 2.75) is 19.0 Å². The van der Waals surface area contributed by atoms with Crippen molar-refractivity contribution in [3.05, 3.63) is 97.9 Å². The van der Waals surface area contributed by atoms with Gasteiger partial charge >= 0.3 is 5.97 Å². The molecule has 6 nitrogen and oxygen atoms in total. The summed E-state index contributed by atoms with van der Waals surface area (Å²) in [5.74, 6) is -2.15. The normalized spacial score (nSPS) is 16.6. The molecule has 2 N–H and O–H groups in total. The van der Waals surface area contributed by atoms with Crippen LogP contribution in [0.15, 0.2) is 72.8 Å². The zero-order valence-electron chi connectivity index (χ0n) is 18.0. The van der Waals surface area contributed by atoms with Crippen molar-refractivity contribution < 1.29 is 19.5 Å². The van der Waals surface area contributed by atoms with Crippen molar-refractivity contribution in [1.82, 2.24) is 4.90 Å². The molecule has 1 aromatic heterocycles. The fourth-order valence-corrected chi connectivity index (χ4v) is 6.21. The highest BCUT2D eigenvalue weighted by molar-refractivity contribution is 14.1. The molecule has 5 rings (SSSR count). The van der Waals surface area contributed by atoms with E-state index in [1.54, 1.807) is 48.5 Å². The van der Waals surface area contributed by atoms with Gasteiger partial charge in [0, 0.05) is 13.1 Å². The Kier molecular flexibility index (Phi) is 5.86. The van der Waals surface area contributed by atoms with Crippen LogP contribution in [0.2, 0.25) is 0 Å². The number of nitrogens with one attached hydrogen (secondary N) is 1. The number of carbonyl (C=O) groups is 3. The maximum Gasteiger partial charge on any atom is 0.331 e. The fourth-order valence-electron chi connectivity index (χ4n) is 4.41. The molecule has 1 aliphatic heterocycles. The Morgan fingerprint density at radius 3 is 2.47 bits per heavy atom. The zero-order valence-corrected chi connectivity index (χ0v) is 21.0. The second kappa shape index (κ2) is 8.84. The number of aryl methyl sites for hydroxylation is 1. The lowest BCUT2D eigenvalue weighted by Crippen LogP contribution is -2.44. The number of carboxylic acid groups (broad SMARTS) is 1. The molecule has 2 atom stereocenters. The summed E-state index contributed by atoms with van der Waals surface area (Å²) in [5.41, 5.74) is 1.92. The van der Waals surface area contributed by atoms with E-state index in [4.69, 9.17) is 0 Å². The van der Waals surface area contributed by atoms with Gasteiger partial charge < -0.3 is 15.3 Å². The molecule has 0 saturated heterocycles. The number of fused-ring (bicyclic) bond motifs is 2. The Hall–Kier alpha value is -3.24. The van der Waals surface area contributed by atoms with Gasteiger partial charge in [0.05, 0.1) is 11.3 Å². The summed E-state index contributed by atoms with van der Waals surface area (Å²) < 4.78 is 1.78. The van der Waals surface area contributed by atoms with Crippen molar-refractivity contribution in [3.8, 4) is 0 Å². The molecular weight excluding hydrogens is 563 g/mol. The Morgan fingerprint density at radius 2 is 1.76 bits per heavy atom.